The van der Waals surface area contributed by atoms with E-state index in [-0.39, 0.29) is 17.4 Å². The Morgan fingerprint density at radius 3 is 2.64 bits per heavy atom. The number of nitrogen functional groups attached to an aromatic ring is 1. The minimum atomic E-state index is -4.25. The highest BCUT2D eigenvalue weighted by Crippen LogP contribution is 2.48. The van der Waals surface area contributed by atoms with Crippen LogP contribution >= 0.6 is 19.1 Å². The number of nitrogens with two attached hydrogens (primary N) is 1. The van der Waals surface area contributed by atoms with Crippen molar-refractivity contribution in [2.24, 2.45) is 5.16 Å². The van der Waals surface area contributed by atoms with Gasteiger partial charge in [-0.25, -0.2) is 19.0 Å². The Bertz CT molecular complexity index is 884. The standard InChI is InChI=1S/C13H18N5O8PS/c1-13(2,11(21)22)26-17-8(7-5-28-12(14)16-7)9(19)15-6-4-18(10(6)20)27(23,24)25-3/h5-6H,4H2,1-3H3,(H2,14,16)(H,15,19)(H,21,22)(H,23,24)/t6-/m0/s1. The number of β-lactam (4-membered cyclic amide) rings is 1. The molecule has 1 unspecified atom stereocenters. The zero-order valence-electron chi connectivity index (χ0n) is 15.0. The summed E-state index contributed by atoms with van der Waals surface area (Å²) in [6, 6.07) is -1.10. The van der Waals surface area contributed by atoms with Gasteiger partial charge in [0.05, 0.1) is 6.54 Å². The summed E-state index contributed by atoms with van der Waals surface area (Å²) in [6.45, 7) is 2.18. The first kappa shape index (κ1) is 21.8. The summed E-state index contributed by atoms with van der Waals surface area (Å²) in [5, 5.41) is 16.5. The summed E-state index contributed by atoms with van der Waals surface area (Å²) >= 11 is 1.01. The van der Waals surface area contributed by atoms with Crippen LogP contribution in [0.1, 0.15) is 19.5 Å². The monoisotopic (exact) mass is 435 g/mol. The van der Waals surface area contributed by atoms with Gasteiger partial charge in [-0.1, -0.05) is 5.16 Å². The number of aliphatic carboxylic acids is 1. The largest absolute Gasteiger partial charge is 0.478 e. The summed E-state index contributed by atoms with van der Waals surface area (Å²) in [7, 11) is -3.28. The maximum absolute atomic E-state index is 12.5. The number of aromatic nitrogens is 1. The minimum Gasteiger partial charge on any atom is -0.478 e. The molecule has 2 atom stereocenters. The molecule has 154 valence electrons. The van der Waals surface area contributed by atoms with E-state index in [0.29, 0.717) is 4.67 Å². The third-order valence-corrected chi connectivity index (χ3v) is 5.74. The third kappa shape index (κ3) is 4.47. The van der Waals surface area contributed by atoms with Crippen molar-refractivity contribution >= 4 is 47.7 Å². The van der Waals surface area contributed by atoms with E-state index in [2.05, 4.69) is 20.0 Å². The molecule has 13 nitrogen and oxygen atoms in total. The molecule has 0 aromatic carbocycles. The molecule has 15 heteroatoms. The summed E-state index contributed by atoms with van der Waals surface area (Å²) in [6.07, 6.45) is 0. The van der Waals surface area contributed by atoms with Gasteiger partial charge in [-0.15, -0.1) is 11.3 Å². The van der Waals surface area contributed by atoms with Gasteiger partial charge in [0.2, 0.25) is 5.60 Å². The number of rotatable bonds is 8. The first-order valence-corrected chi connectivity index (χ1v) is 10.0. The zero-order valence-corrected chi connectivity index (χ0v) is 16.7. The molecule has 0 saturated carbocycles. The number of hydrogen-bond acceptors (Lipinski definition) is 10. The highest BCUT2D eigenvalue weighted by molar-refractivity contribution is 7.51. The lowest BCUT2D eigenvalue weighted by Crippen LogP contribution is -2.63. The molecule has 5 N–H and O–H groups in total. The molecule has 1 saturated heterocycles. The molecule has 2 rings (SSSR count). The van der Waals surface area contributed by atoms with Crippen LogP contribution < -0.4 is 11.1 Å². The van der Waals surface area contributed by atoms with E-state index in [1.807, 2.05) is 0 Å². The maximum Gasteiger partial charge on any atom is 0.434 e. The molecule has 28 heavy (non-hydrogen) atoms. The quantitative estimate of drug-likeness (QED) is 0.177. The van der Waals surface area contributed by atoms with E-state index in [1.54, 1.807) is 0 Å². The molecule has 1 aliphatic heterocycles. The van der Waals surface area contributed by atoms with Gasteiger partial charge in [0.25, 0.3) is 11.8 Å². The number of anilines is 1. The molecule has 0 aliphatic carbocycles. The van der Waals surface area contributed by atoms with E-state index in [9.17, 15) is 23.8 Å². The van der Waals surface area contributed by atoms with Crippen LogP contribution in [-0.2, 0) is 28.3 Å². The van der Waals surface area contributed by atoms with Crippen LogP contribution in [0.25, 0.3) is 0 Å². The molecule has 1 aromatic rings. The molecule has 2 heterocycles. The predicted octanol–water partition coefficient (Wildman–Crippen LogP) is -0.617. The highest BCUT2D eigenvalue weighted by Gasteiger charge is 2.48. The lowest BCUT2D eigenvalue weighted by atomic mass is 10.1. The molecule has 1 aromatic heterocycles. The van der Waals surface area contributed by atoms with E-state index >= 15 is 0 Å². The van der Waals surface area contributed by atoms with Gasteiger partial charge in [0.1, 0.15) is 11.7 Å². The van der Waals surface area contributed by atoms with Crippen LogP contribution in [0, 0.1) is 0 Å². The number of nitrogens with one attached hydrogen (secondary N) is 1. The second kappa shape index (κ2) is 7.83. The van der Waals surface area contributed by atoms with E-state index in [0.717, 1.165) is 18.4 Å². The van der Waals surface area contributed by atoms with Crippen molar-refractivity contribution in [2.75, 3.05) is 19.4 Å². The molecule has 1 fully saturated rings. The van der Waals surface area contributed by atoms with Gasteiger partial charge in [0.15, 0.2) is 10.8 Å². The number of thiazole rings is 1. The summed E-state index contributed by atoms with van der Waals surface area (Å²) in [5.41, 5.74) is 3.40. The van der Waals surface area contributed by atoms with Crippen molar-refractivity contribution in [3.8, 4) is 0 Å². The van der Waals surface area contributed by atoms with Gasteiger partial charge in [0, 0.05) is 12.5 Å². The number of carboxylic acids is 1. The van der Waals surface area contributed by atoms with Gasteiger partial charge < -0.3 is 25.9 Å². The molecule has 0 radical (unpaired) electrons. The highest BCUT2D eigenvalue weighted by atomic mass is 32.1. The van der Waals surface area contributed by atoms with Gasteiger partial charge in [-0.2, -0.15) is 0 Å². The molecule has 0 spiro atoms. The van der Waals surface area contributed by atoms with E-state index in [1.165, 1.54) is 19.2 Å². The Morgan fingerprint density at radius 1 is 1.54 bits per heavy atom. The lowest BCUT2D eigenvalue weighted by molar-refractivity contribution is -0.161. The van der Waals surface area contributed by atoms with Crippen molar-refractivity contribution in [1.29, 1.82) is 0 Å². The van der Waals surface area contributed by atoms with Crippen LogP contribution in [0.2, 0.25) is 0 Å². The van der Waals surface area contributed by atoms with Crippen LogP contribution in [0.5, 0.6) is 0 Å². The number of nitrogens with zero attached hydrogens (tertiary/aromatic N) is 3. The topological polar surface area (TPSA) is 194 Å². The summed E-state index contributed by atoms with van der Waals surface area (Å²) in [5.74, 6) is -3.06. The number of carbonyl (C=O) groups excluding carboxylic acids is 2. The first-order valence-electron chi connectivity index (χ1n) is 7.61. The average Bonchev–Trinajstić information content (AvgIpc) is 3.03. The average molecular weight is 435 g/mol. The third-order valence-electron chi connectivity index (χ3n) is 3.62. The molecule has 1 aliphatic rings. The van der Waals surface area contributed by atoms with Gasteiger partial charge in [-0.3, -0.25) is 14.1 Å². The number of carboxylic acid groups (broad SMARTS) is 1. The van der Waals surface area contributed by atoms with Crippen LogP contribution in [-0.4, -0.2) is 68.4 Å². The number of hydrogen-bond donors (Lipinski definition) is 4. The van der Waals surface area contributed by atoms with Crippen LogP contribution in [0.4, 0.5) is 5.13 Å². The van der Waals surface area contributed by atoms with Gasteiger partial charge >= 0.3 is 13.7 Å². The second-order valence-electron chi connectivity index (χ2n) is 6.04. The Balaban J connectivity index is 2.18. The number of carbonyl (C=O) groups is 3. The first-order chi connectivity index (χ1) is 12.9. The van der Waals surface area contributed by atoms with Gasteiger partial charge in [-0.05, 0) is 13.8 Å². The lowest BCUT2D eigenvalue weighted by Gasteiger charge is -2.39. The number of oxime groups is 1. The summed E-state index contributed by atoms with van der Waals surface area (Å²) in [4.78, 5) is 54.0. The molecular weight excluding hydrogens is 417 g/mol. The smallest absolute Gasteiger partial charge is 0.434 e. The SMILES string of the molecule is COP(=O)(O)N1C[C@H](NC(=O)C(=NOC(C)(C)C(=O)O)c2csc(N)n2)C1=O. The summed E-state index contributed by atoms with van der Waals surface area (Å²) < 4.78 is 16.6. The predicted molar refractivity (Wildman–Crippen MR) is 96.3 cm³/mol. The van der Waals surface area contributed by atoms with Crippen LogP contribution in [0.3, 0.4) is 0 Å². The second-order valence-corrected chi connectivity index (χ2v) is 8.76. The fourth-order valence-corrected chi connectivity index (χ4v) is 3.37. The fraction of sp³-hybridized carbons (Fsp3) is 0.462. The Morgan fingerprint density at radius 2 is 2.18 bits per heavy atom. The molecule has 0 bridgehead atoms. The van der Waals surface area contributed by atoms with Crippen molar-refractivity contribution < 1.29 is 38.3 Å². The van der Waals surface area contributed by atoms with Crippen molar-refractivity contribution in [3.63, 3.8) is 0 Å². The Hall–Kier alpha value is -2.54. The Kier molecular flexibility index (Phi) is 6.09. The van der Waals surface area contributed by atoms with Crippen molar-refractivity contribution in [3.05, 3.63) is 11.1 Å². The Labute approximate surface area is 162 Å². The van der Waals surface area contributed by atoms with Crippen molar-refractivity contribution in [2.45, 2.75) is 25.5 Å². The minimum absolute atomic E-state index is 0.00883. The van der Waals surface area contributed by atoms with E-state index in [4.69, 9.17) is 15.7 Å². The maximum atomic E-state index is 12.5. The van der Waals surface area contributed by atoms with Crippen molar-refractivity contribution in [1.82, 2.24) is 15.0 Å². The normalized spacial score (nSPS) is 19.6. The van der Waals surface area contributed by atoms with E-state index < -0.39 is 42.9 Å². The molecule has 2 amide bonds. The molecular formula is C13H18N5O8PS. The fourth-order valence-electron chi connectivity index (χ4n) is 1.87. The number of amides is 2. The van der Waals surface area contributed by atoms with Crippen LogP contribution in [0.15, 0.2) is 10.5 Å². The zero-order chi connectivity index (χ0) is 21.3.